The van der Waals surface area contributed by atoms with Gasteiger partial charge in [0.2, 0.25) is 11.8 Å². The van der Waals surface area contributed by atoms with E-state index in [9.17, 15) is 14.4 Å². The summed E-state index contributed by atoms with van der Waals surface area (Å²) in [6.07, 6.45) is 0. The van der Waals surface area contributed by atoms with Crippen molar-refractivity contribution in [3.05, 3.63) is 47.2 Å². The van der Waals surface area contributed by atoms with Crippen molar-refractivity contribution >= 4 is 35.3 Å². The van der Waals surface area contributed by atoms with E-state index < -0.39 is 0 Å². The molecule has 0 saturated heterocycles. The van der Waals surface area contributed by atoms with Crippen LogP contribution >= 0.6 is 11.8 Å². The maximum atomic E-state index is 11.9. The van der Waals surface area contributed by atoms with Crippen LogP contribution in [0.1, 0.15) is 21.7 Å². The quantitative estimate of drug-likeness (QED) is 0.641. The molecule has 0 fully saturated rings. The van der Waals surface area contributed by atoms with Crippen molar-refractivity contribution in [1.29, 1.82) is 0 Å². The minimum atomic E-state index is -0.255. The molecule has 1 aromatic heterocycles. The van der Waals surface area contributed by atoms with Crippen LogP contribution in [0.5, 0.6) is 0 Å². The van der Waals surface area contributed by atoms with Gasteiger partial charge in [0, 0.05) is 25.2 Å². The smallest absolute Gasteiger partial charge is 0.251 e. The lowest BCUT2D eigenvalue weighted by atomic mass is 10.1. The number of carbonyl (C=O) groups excluding carboxylic acids is 3. The van der Waals surface area contributed by atoms with Crippen LogP contribution in [0, 0.1) is 6.92 Å². The second kappa shape index (κ2) is 9.62. The van der Waals surface area contributed by atoms with E-state index >= 15 is 0 Å². The van der Waals surface area contributed by atoms with Gasteiger partial charge in [-0.2, -0.15) is 0 Å². The molecule has 2 rings (SSSR count). The summed E-state index contributed by atoms with van der Waals surface area (Å²) in [6.45, 7) is 2.04. The Balaban J connectivity index is 1.69. The third kappa shape index (κ3) is 6.25. The van der Waals surface area contributed by atoms with Gasteiger partial charge in [0.1, 0.15) is 5.76 Å². The lowest BCUT2D eigenvalue weighted by Crippen LogP contribution is -2.26. The molecule has 0 aliphatic carbocycles. The molecular formula is C17H20N4O4S. The molecular weight excluding hydrogens is 356 g/mol. The summed E-state index contributed by atoms with van der Waals surface area (Å²) >= 11 is 1.20. The lowest BCUT2D eigenvalue weighted by Gasteiger charge is -2.07. The number of thioether (sulfide) groups is 1. The van der Waals surface area contributed by atoms with Gasteiger partial charge in [-0.05, 0) is 24.6 Å². The fourth-order valence-corrected chi connectivity index (χ4v) is 2.71. The molecule has 0 radical (unpaired) electrons. The van der Waals surface area contributed by atoms with E-state index in [1.807, 2.05) is 6.07 Å². The average Bonchev–Trinajstić information content (AvgIpc) is 3.04. The predicted octanol–water partition coefficient (Wildman–Crippen LogP) is 1.33. The first-order valence-electron chi connectivity index (χ1n) is 7.86. The van der Waals surface area contributed by atoms with Crippen LogP contribution in [0.4, 0.5) is 5.82 Å². The van der Waals surface area contributed by atoms with Gasteiger partial charge in [-0.1, -0.05) is 17.3 Å². The molecule has 9 heteroatoms. The van der Waals surface area contributed by atoms with Crippen LogP contribution in [0.25, 0.3) is 0 Å². The zero-order valence-corrected chi connectivity index (χ0v) is 15.3. The Morgan fingerprint density at radius 2 is 1.92 bits per heavy atom. The summed E-state index contributed by atoms with van der Waals surface area (Å²) in [7, 11) is 1.56. The maximum absolute atomic E-state index is 11.9. The molecule has 3 amide bonds. The fourth-order valence-electron chi connectivity index (χ4n) is 2.06. The summed E-state index contributed by atoms with van der Waals surface area (Å²) in [5.41, 5.74) is 1.36. The molecule has 0 atom stereocenters. The number of carbonyl (C=O) groups is 3. The van der Waals surface area contributed by atoms with E-state index in [4.69, 9.17) is 4.52 Å². The van der Waals surface area contributed by atoms with Crippen molar-refractivity contribution in [2.45, 2.75) is 13.5 Å². The van der Waals surface area contributed by atoms with Gasteiger partial charge >= 0.3 is 0 Å². The SMILES string of the molecule is CNC(=O)c1cccc(CNC(=O)CSCC(=O)Nc2cc(C)on2)c1. The van der Waals surface area contributed by atoms with Gasteiger partial charge in [-0.25, -0.2) is 0 Å². The van der Waals surface area contributed by atoms with E-state index in [0.717, 1.165) is 5.56 Å². The monoisotopic (exact) mass is 376 g/mol. The van der Waals surface area contributed by atoms with Crippen molar-refractivity contribution in [1.82, 2.24) is 15.8 Å². The third-order valence-electron chi connectivity index (χ3n) is 3.27. The van der Waals surface area contributed by atoms with Crippen molar-refractivity contribution in [2.24, 2.45) is 0 Å². The number of benzene rings is 1. The molecule has 0 bridgehead atoms. The number of aryl methyl sites for hydroxylation is 1. The maximum Gasteiger partial charge on any atom is 0.251 e. The Bertz CT molecular complexity index is 791. The first kappa shape index (κ1) is 19.5. The standard InChI is InChI=1S/C17H20N4O4S/c1-11-6-14(21-25-11)20-16(23)10-26-9-15(22)19-8-12-4-3-5-13(7-12)17(24)18-2/h3-7H,8-10H2,1-2H3,(H,18,24)(H,19,22)(H,20,21,23). The number of nitrogens with one attached hydrogen (secondary N) is 3. The van der Waals surface area contributed by atoms with Crippen LogP contribution in [-0.2, 0) is 16.1 Å². The molecule has 0 unspecified atom stereocenters. The molecule has 0 aliphatic heterocycles. The normalized spacial score (nSPS) is 10.2. The van der Waals surface area contributed by atoms with Crippen molar-refractivity contribution in [3.63, 3.8) is 0 Å². The number of anilines is 1. The molecule has 0 aliphatic rings. The zero-order chi connectivity index (χ0) is 18.9. The van der Waals surface area contributed by atoms with Gasteiger partial charge in [0.05, 0.1) is 11.5 Å². The van der Waals surface area contributed by atoms with Crippen LogP contribution in [0.2, 0.25) is 0 Å². The predicted molar refractivity (Wildman–Crippen MR) is 98.9 cm³/mol. The number of rotatable bonds is 8. The molecule has 0 saturated carbocycles. The molecule has 3 N–H and O–H groups in total. The highest BCUT2D eigenvalue weighted by Gasteiger charge is 2.09. The Kier molecular flexibility index (Phi) is 7.22. The minimum Gasteiger partial charge on any atom is -0.360 e. The fraction of sp³-hybridized carbons (Fsp3) is 0.294. The molecule has 138 valence electrons. The Morgan fingerprint density at radius 3 is 2.62 bits per heavy atom. The summed E-state index contributed by atoms with van der Waals surface area (Å²) in [5, 5.41) is 11.6. The molecule has 1 heterocycles. The molecule has 8 nitrogen and oxygen atoms in total. The number of aromatic nitrogens is 1. The van der Waals surface area contributed by atoms with Crippen LogP contribution in [0.15, 0.2) is 34.9 Å². The van der Waals surface area contributed by atoms with Gasteiger partial charge in [0.25, 0.3) is 5.91 Å². The molecule has 0 spiro atoms. The second-order valence-corrected chi connectivity index (χ2v) is 6.41. The Labute approximate surface area is 155 Å². The van der Waals surface area contributed by atoms with Gasteiger partial charge in [-0.15, -0.1) is 11.8 Å². The molecule has 1 aromatic carbocycles. The zero-order valence-electron chi connectivity index (χ0n) is 14.5. The van der Waals surface area contributed by atoms with Crippen molar-refractivity contribution < 1.29 is 18.9 Å². The van der Waals surface area contributed by atoms with Crippen molar-refractivity contribution in [3.8, 4) is 0 Å². The lowest BCUT2D eigenvalue weighted by molar-refractivity contribution is -0.118. The highest BCUT2D eigenvalue weighted by Crippen LogP contribution is 2.09. The number of hydrogen-bond acceptors (Lipinski definition) is 6. The van der Waals surface area contributed by atoms with Gasteiger partial charge < -0.3 is 20.5 Å². The molecule has 2 aromatic rings. The van der Waals surface area contributed by atoms with E-state index in [1.54, 1.807) is 38.2 Å². The average molecular weight is 376 g/mol. The van der Waals surface area contributed by atoms with Crippen LogP contribution in [-0.4, -0.2) is 41.4 Å². The van der Waals surface area contributed by atoms with E-state index in [0.29, 0.717) is 23.7 Å². The third-order valence-corrected chi connectivity index (χ3v) is 4.20. The number of amides is 3. The van der Waals surface area contributed by atoms with Crippen LogP contribution < -0.4 is 16.0 Å². The second-order valence-electron chi connectivity index (χ2n) is 5.42. The van der Waals surface area contributed by atoms with Crippen LogP contribution in [0.3, 0.4) is 0 Å². The summed E-state index contributed by atoms with van der Waals surface area (Å²) in [4.78, 5) is 35.2. The van der Waals surface area contributed by atoms with E-state index in [1.165, 1.54) is 11.8 Å². The number of nitrogens with zero attached hydrogens (tertiary/aromatic N) is 1. The summed E-state index contributed by atoms with van der Waals surface area (Å²) in [6, 6.07) is 8.63. The van der Waals surface area contributed by atoms with Crippen molar-refractivity contribution in [2.75, 3.05) is 23.9 Å². The topological polar surface area (TPSA) is 113 Å². The summed E-state index contributed by atoms with van der Waals surface area (Å²) in [5.74, 6) is 0.620. The number of hydrogen-bond donors (Lipinski definition) is 3. The van der Waals surface area contributed by atoms with Gasteiger partial charge in [0.15, 0.2) is 5.82 Å². The minimum absolute atomic E-state index is 0.130. The first-order valence-corrected chi connectivity index (χ1v) is 9.02. The first-order chi connectivity index (χ1) is 12.5. The van der Waals surface area contributed by atoms with E-state index in [2.05, 4.69) is 21.1 Å². The Morgan fingerprint density at radius 1 is 1.15 bits per heavy atom. The highest BCUT2D eigenvalue weighted by atomic mass is 32.2. The molecule has 26 heavy (non-hydrogen) atoms. The largest absolute Gasteiger partial charge is 0.360 e. The Hall–Kier alpha value is -2.81. The van der Waals surface area contributed by atoms with Gasteiger partial charge in [-0.3, -0.25) is 14.4 Å². The van der Waals surface area contributed by atoms with E-state index in [-0.39, 0.29) is 29.2 Å². The summed E-state index contributed by atoms with van der Waals surface area (Å²) < 4.78 is 4.85. The highest BCUT2D eigenvalue weighted by molar-refractivity contribution is 8.00.